The fraction of sp³-hybridized carbons (Fsp3) is 0.700. The van der Waals surface area contributed by atoms with Gasteiger partial charge in [-0.3, -0.25) is 14.8 Å². The number of rotatable bonds is 4. The van der Waals surface area contributed by atoms with Crippen LogP contribution in [0.4, 0.5) is 18.9 Å². The van der Waals surface area contributed by atoms with Gasteiger partial charge in [0.05, 0.1) is 5.54 Å². The van der Waals surface area contributed by atoms with Gasteiger partial charge in [-0.25, -0.2) is 0 Å². The summed E-state index contributed by atoms with van der Waals surface area (Å²) >= 11 is 0. The lowest BCUT2D eigenvalue weighted by Crippen LogP contribution is -2.53. The Morgan fingerprint density at radius 3 is 2.61 bits per heavy atom. The molecule has 154 valence electrons. The Kier molecular flexibility index (Phi) is 5.35. The van der Waals surface area contributed by atoms with Gasteiger partial charge in [0.1, 0.15) is 12.0 Å². The zero-order valence-electron chi connectivity index (χ0n) is 16.0. The highest BCUT2D eigenvalue weighted by molar-refractivity contribution is 5.68. The molecule has 5 nitrogen and oxygen atoms in total. The summed E-state index contributed by atoms with van der Waals surface area (Å²) in [6, 6.07) is 3.38. The molecule has 3 heterocycles. The quantitative estimate of drug-likeness (QED) is 0.732. The summed E-state index contributed by atoms with van der Waals surface area (Å²) in [5, 5.41) is 0. The molecule has 0 N–H and O–H groups in total. The van der Waals surface area contributed by atoms with Crippen LogP contribution in [0, 0.1) is 0 Å². The van der Waals surface area contributed by atoms with E-state index < -0.39 is 17.4 Å². The molecule has 0 radical (unpaired) electrons. The molecular weight excluding hydrogens is 369 g/mol. The minimum absolute atomic E-state index is 0.432. The van der Waals surface area contributed by atoms with Crippen molar-refractivity contribution in [3.8, 4) is 0 Å². The maximum absolute atomic E-state index is 13.0. The van der Waals surface area contributed by atoms with Gasteiger partial charge in [0.2, 0.25) is 0 Å². The highest BCUT2D eigenvalue weighted by Gasteiger charge is 2.44. The molecule has 0 bridgehead atoms. The van der Waals surface area contributed by atoms with Crippen LogP contribution in [0.2, 0.25) is 0 Å². The second-order valence-electron chi connectivity index (χ2n) is 8.25. The molecule has 1 saturated carbocycles. The predicted octanol–water partition coefficient (Wildman–Crippen LogP) is 2.81. The smallest absolute Gasteiger partial charge is 0.369 e. The molecule has 2 saturated heterocycles. The normalized spacial score (nSPS) is 28.2. The number of aromatic nitrogens is 1. The average molecular weight is 396 g/mol. The number of hydrogen-bond acceptors (Lipinski definition) is 5. The molecule has 0 aromatic carbocycles. The number of carbonyl (C=O) groups is 1. The SMILES string of the molecule is O=CC1(N2CCCN(C3CCC3)CC2)CCN(c2ccnc(C(F)(F)F)c2)C1. The Hall–Kier alpha value is -1.67. The molecule has 1 aromatic heterocycles. The predicted molar refractivity (Wildman–Crippen MR) is 100 cm³/mol. The number of anilines is 1. The Balaban J connectivity index is 1.46. The maximum atomic E-state index is 13.0. The third-order valence-electron chi connectivity index (χ3n) is 6.65. The van der Waals surface area contributed by atoms with E-state index in [-0.39, 0.29) is 0 Å². The Labute approximate surface area is 163 Å². The fourth-order valence-electron chi connectivity index (χ4n) is 4.74. The molecule has 1 aliphatic carbocycles. The van der Waals surface area contributed by atoms with Crippen LogP contribution >= 0.6 is 0 Å². The minimum Gasteiger partial charge on any atom is -0.369 e. The van der Waals surface area contributed by atoms with Crippen molar-refractivity contribution in [1.82, 2.24) is 14.8 Å². The molecule has 0 amide bonds. The summed E-state index contributed by atoms with van der Waals surface area (Å²) < 4.78 is 39.0. The third kappa shape index (κ3) is 3.76. The van der Waals surface area contributed by atoms with Gasteiger partial charge in [-0.05, 0) is 44.4 Å². The average Bonchev–Trinajstić information content (AvgIpc) is 2.94. The molecule has 4 rings (SSSR count). The van der Waals surface area contributed by atoms with Crippen molar-refractivity contribution in [3.63, 3.8) is 0 Å². The van der Waals surface area contributed by atoms with Crippen LogP contribution in [-0.4, -0.2) is 71.9 Å². The van der Waals surface area contributed by atoms with E-state index in [4.69, 9.17) is 0 Å². The van der Waals surface area contributed by atoms with Crippen molar-refractivity contribution in [2.24, 2.45) is 0 Å². The summed E-state index contributed by atoms with van der Waals surface area (Å²) in [5.74, 6) is 0. The molecule has 0 spiro atoms. The van der Waals surface area contributed by atoms with Crippen molar-refractivity contribution in [2.45, 2.75) is 49.9 Å². The molecule has 2 aliphatic heterocycles. The minimum atomic E-state index is -4.47. The molecule has 3 aliphatic rings. The number of carbonyl (C=O) groups excluding carboxylic acids is 1. The summed E-state index contributed by atoms with van der Waals surface area (Å²) in [5.41, 5.74) is -1.02. The van der Waals surface area contributed by atoms with E-state index in [1.807, 2.05) is 4.90 Å². The van der Waals surface area contributed by atoms with Gasteiger partial charge in [0.25, 0.3) is 0 Å². The van der Waals surface area contributed by atoms with Crippen LogP contribution in [-0.2, 0) is 11.0 Å². The molecular formula is C20H27F3N4O. The van der Waals surface area contributed by atoms with Crippen molar-refractivity contribution in [3.05, 3.63) is 24.0 Å². The number of nitrogens with zero attached hydrogens (tertiary/aromatic N) is 4. The van der Waals surface area contributed by atoms with Crippen molar-refractivity contribution >= 4 is 12.0 Å². The lowest BCUT2D eigenvalue weighted by atomic mass is 9.91. The van der Waals surface area contributed by atoms with E-state index in [2.05, 4.69) is 14.8 Å². The first-order valence-corrected chi connectivity index (χ1v) is 10.1. The van der Waals surface area contributed by atoms with E-state index in [1.54, 1.807) is 6.07 Å². The topological polar surface area (TPSA) is 39.7 Å². The molecule has 28 heavy (non-hydrogen) atoms. The number of pyridine rings is 1. The zero-order chi connectivity index (χ0) is 19.8. The highest BCUT2D eigenvalue weighted by atomic mass is 19.4. The monoisotopic (exact) mass is 396 g/mol. The fourth-order valence-corrected chi connectivity index (χ4v) is 4.74. The van der Waals surface area contributed by atoms with Crippen molar-refractivity contribution in [2.75, 3.05) is 44.2 Å². The van der Waals surface area contributed by atoms with Gasteiger partial charge in [-0.1, -0.05) is 6.42 Å². The molecule has 8 heteroatoms. The first kappa shape index (κ1) is 19.6. The van der Waals surface area contributed by atoms with E-state index in [0.29, 0.717) is 31.2 Å². The summed E-state index contributed by atoms with van der Waals surface area (Å²) in [4.78, 5) is 22.3. The molecule has 3 fully saturated rings. The number of alkyl halides is 3. The first-order valence-electron chi connectivity index (χ1n) is 10.1. The highest BCUT2D eigenvalue weighted by Crippen LogP contribution is 2.35. The van der Waals surface area contributed by atoms with Crippen LogP contribution in [0.1, 0.15) is 37.8 Å². The van der Waals surface area contributed by atoms with E-state index in [9.17, 15) is 18.0 Å². The number of hydrogen-bond donors (Lipinski definition) is 0. The van der Waals surface area contributed by atoms with Crippen molar-refractivity contribution in [1.29, 1.82) is 0 Å². The summed E-state index contributed by atoms with van der Waals surface area (Å²) in [6.07, 6.45) is 3.28. The standard InChI is InChI=1S/C20H27F3N4O/c21-20(22,23)18-13-17(5-7-24-18)26-10-6-19(14-26,15-28)27-9-2-8-25(11-12-27)16-3-1-4-16/h5,7,13,15-16H,1-4,6,8-12,14H2. The Bertz CT molecular complexity index is 709. The van der Waals surface area contributed by atoms with Crippen LogP contribution in [0.3, 0.4) is 0 Å². The van der Waals surface area contributed by atoms with E-state index in [0.717, 1.165) is 45.0 Å². The van der Waals surface area contributed by atoms with Crippen LogP contribution in [0.25, 0.3) is 0 Å². The summed E-state index contributed by atoms with van der Waals surface area (Å²) in [7, 11) is 0. The Morgan fingerprint density at radius 2 is 1.93 bits per heavy atom. The largest absolute Gasteiger partial charge is 0.433 e. The van der Waals surface area contributed by atoms with E-state index in [1.165, 1.54) is 25.5 Å². The van der Waals surface area contributed by atoms with Crippen LogP contribution in [0.5, 0.6) is 0 Å². The van der Waals surface area contributed by atoms with Crippen molar-refractivity contribution < 1.29 is 18.0 Å². The molecule has 1 atom stereocenters. The van der Waals surface area contributed by atoms with Gasteiger partial charge < -0.3 is 9.69 Å². The summed E-state index contributed by atoms with van der Waals surface area (Å²) in [6.45, 7) is 4.74. The Morgan fingerprint density at radius 1 is 1.11 bits per heavy atom. The van der Waals surface area contributed by atoms with Crippen LogP contribution in [0.15, 0.2) is 18.3 Å². The number of halogens is 3. The molecule has 1 aromatic rings. The first-order chi connectivity index (χ1) is 13.4. The molecule has 1 unspecified atom stereocenters. The van der Waals surface area contributed by atoms with Gasteiger partial charge >= 0.3 is 6.18 Å². The van der Waals surface area contributed by atoms with Gasteiger partial charge in [-0.15, -0.1) is 0 Å². The maximum Gasteiger partial charge on any atom is 0.433 e. The lowest BCUT2D eigenvalue weighted by Gasteiger charge is -2.38. The van der Waals surface area contributed by atoms with Gasteiger partial charge in [-0.2, -0.15) is 13.2 Å². The van der Waals surface area contributed by atoms with Gasteiger partial charge in [0.15, 0.2) is 0 Å². The zero-order valence-corrected chi connectivity index (χ0v) is 16.0. The van der Waals surface area contributed by atoms with Gasteiger partial charge in [0, 0.05) is 50.6 Å². The second-order valence-corrected chi connectivity index (χ2v) is 8.25. The van der Waals surface area contributed by atoms with E-state index >= 15 is 0 Å². The van der Waals surface area contributed by atoms with Crippen LogP contribution < -0.4 is 4.90 Å². The third-order valence-corrected chi connectivity index (χ3v) is 6.65. The lowest BCUT2D eigenvalue weighted by molar-refractivity contribution is -0.141. The second kappa shape index (κ2) is 7.63. The number of aldehydes is 1.